The first-order valence-electron chi connectivity index (χ1n) is 6.52. The molecular weight excluding hydrogens is 232 g/mol. The van der Waals surface area contributed by atoms with Gasteiger partial charge in [-0.2, -0.15) is 0 Å². The van der Waals surface area contributed by atoms with Crippen LogP contribution in [0.5, 0.6) is 0 Å². The molecule has 0 radical (unpaired) electrons. The third-order valence-electron chi connectivity index (χ3n) is 4.03. The molecule has 1 aromatic rings. The SMILES string of the molecule is Cc1cc(C(O)C2CCC(C)CC2)ccc1Cl. The molecule has 1 unspecified atom stereocenters. The molecule has 1 atom stereocenters. The largest absolute Gasteiger partial charge is 0.388 e. The molecule has 1 aliphatic carbocycles. The lowest BCUT2D eigenvalue weighted by Crippen LogP contribution is -2.19. The van der Waals surface area contributed by atoms with Crippen LogP contribution in [-0.2, 0) is 0 Å². The van der Waals surface area contributed by atoms with Gasteiger partial charge in [0.05, 0.1) is 6.10 Å². The third-order valence-corrected chi connectivity index (χ3v) is 4.45. The summed E-state index contributed by atoms with van der Waals surface area (Å²) < 4.78 is 0. The van der Waals surface area contributed by atoms with Crippen molar-refractivity contribution in [1.29, 1.82) is 0 Å². The van der Waals surface area contributed by atoms with E-state index in [-0.39, 0.29) is 6.10 Å². The van der Waals surface area contributed by atoms with Crippen LogP contribution in [0.2, 0.25) is 5.02 Å². The van der Waals surface area contributed by atoms with Gasteiger partial charge in [-0.1, -0.05) is 43.5 Å². The van der Waals surface area contributed by atoms with Crippen LogP contribution < -0.4 is 0 Å². The molecular formula is C15H21ClO. The minimum absolute atomic E-state index is 0.321. The quantitative estimate of drug-likeness (QED) is 0.821. The Kier molecular flexibility index (Phi) is 4.11. The highest BCUT2D eigenvalue weighted by atomic mass is 35.5. The van der Waals surface area contributed by atoms with Gasteiger partial charge in [-0.15, -0.1) is 0 Å². The number of hydrogen-bond acceptors (Lipinski definition) is 1. The number of halogens is 1. The van der Waals surface area contributed by atoms with Crippen molar-refractivity contribution in [2.45, 2.75) is 45.6 Å². The number of rotatable bonds is 2. The fourth-order valence-corrected chi connectivity index (χ4v) is 2.84. The Balaban J connectivity index is 2.08. The van der Waals surface area contributed by atoms with E-state index in [0.29, 0.717) is 5.92 Å². The van der Waals surface area contributed by atoms with E-state index in [1.807, 2.05) is 25.1 Å². The minimum atomic E-state index is -0.321. The van der Waals surface area contributed by atoms with E-state index in [1.54, 1.807) is 0 Å². The van der Waals surface area contributed by atoms with Crippen LogP contribution >= 0.6 is 11.6 Å². The van der Waals surface area contributed by atoms with Crippen molar-refractivity contribution >= 4 is 11.6 Å². The van der Waals surface area contributed by atoms with Crippen LogP contribution in [0.15, 0.2) is 18.2 Å². The van der Waals surface area contributed by atoms with Gasteiger partial charge in [0.25, 0.3) is 0 Å². The topological polar surface area (TPSA) is 20.2 Å². The summed E-state index contributed by atoms with van der Waals surface area (Å²) in [6, 6.07) is 5.87. The van der Waals surface area contributed by atoms with Crippen LogP contribution in [0.25, 0.3) is 0 Å². The zero-order chi connectivity index (χ0) is 12.4. The van der Waals surface area contributed by atoms with Crippen LogP contribution in [0.1, 0.15) is 49.8 Å². The average Bonchev–Trinajstić information content (AvgIpc) is 2.33. The zero-order valence-corrected chi connectivity index (χ0v) is 11.4. The normalized spacial score (nSPS) is 26.8. The molecule has 94 valence electrons. The molecule has 0 amide bonds. The van der Waals surface area contributed by atoms with Gasteiger partial charge < -0.3 is 5.11 Å². The van der Waals surface area contributed by atoms with Crippen molar-refractivity contribution < 1.29 is 5.11 Å². The maximum atomic E-state index is 10.4. The summed E-state index contributed by atoms with van der Waals surface area (Å²) in [5.74, 6) is 1.25. The second-order valence-corrected chi connectivity index (χ2v) is 5.88. The molecule has 1 nitrogen and oxygen atoms in total. The van der Waals surface area contributed by atoms with Crippen molar-refractivity contribution in [1.82, 2.24) is 0 Å². The Morgan fingerprint density at radius 3 is 2.47 bits per heavy atom. The molecule has 0 spiro atoms. The molecule has 1 aromatic carbocycles. The van der Waals surface area contributed by atoms with Gasteiger partial charge >= 0.3 is 0 Å². The molecule has 17 heavy (non-hydrogen) atoms. The summed E-state index contributed by atoms with van der Waals surface area (Å²) in [4.78, 5) is 0. The summed E-state index contributed by atoms with van der Waals surface area (Å²) in [5.41, 5.74) is 2.07. The maximum absolute atomic E-state index is 10.4. The highest BCUT2D eigenvalue weighted by Gasteiger charge is 2.25. The Hall–Kier alpha value is -0.530. The Morgan fingerprint density at radius 2 is 1.88 bits per heavy atom. The third kappa shape index (κ3) is 3.02. The Morgan fingerprint density at radius 1 is 1.24 bits per heavy atom. The van der Waals surface area contributed by atoms with Crippen molar-refractivity contribution in [3.63, 3.8) is 0 Å². The standard InChI is InChI=1S/C15H21ClO/c1-10-3-5-12(6-4-10)15(17)13-7-8-14(16)11(2)9-13/h7-10,12,15,17H,3-6H2,1-2H3. The van der Waals surface area contributed by atoms with Gasteiger partial charge in [0.15, 0.2) is 0 Å². The first kappa shape index (κ1) is 12.9. The molecule has 0 heterocycles. The van der Waals surface area contributed by atoms with Crippen LogP contribution in [0.4, 0.5) is 0 Å². The molecule has 1 fully saturated rings. The monoisotopic (exact) mass is 252 g/mol. The van der Waals surface area contributed by atoms with E-state index in [1.165, 1.54) is 12.8 Å². The predicted octanol–water partition coefficient (Wildman–Crippen LogP) is 4.51. The van der Waals surface area contributed by atoms with E-state index >= 15 is 0 Å². The van der Waals surface area contributed by atoms with Gasteiger partial charge in [0.2, 0.25) is 0 Å². The fraction of sp³-hybridized carbons (Fsp3) is 0.600. The van der Waals surface area contributed by atoms with E-state index in [4.69, 9.17) is 11.6 Å². The van der Waals surface area contributed by atoms with Crippen LogP contribution in [0.3, 0.4) is 0 Å². The molecule has 0 aromatic heterocycles. The highest BCUT2D eigenvalue weighted by Crippen LogP contribution is 2.37. The number of hydrogen-bond donors (Lipinski definition) is 1. The number of benzene rings is 1. The molecule has 1 saturated carbocycles. The lowest BCUT2D eigenvalue weighted by Gasteiger charge is -2.30. The highest BCUT2D eigenvalue weighted by molar-refractivity contribution is 6.31. The summed E-state index contributed by atoms with van der Waals surface area (Å²) >= 11 is 6.01. The lowest BCUT2D eigenvalue weighted by atomic mass is 9.78. The second-order valence-electron chi connectivity index (χ2n) is 5.47. The smallest absolute Gasteiger partial charge is 0.0818 e. The molecule has 0 saturated heterocycles. The molecule has 0 bridgehead atoms. The van der Waals surface area contributed by atoms with Crippen molar-refractivity contribution in [3.8, 4) is 0 Å². The summed E-state index contributed by atoms with van der Waals surface area (Å²) in [6.07, 6.45) is 4.45. The molecule has 2 heteroatoms. The van der Waals surface area contributed by atoms with Gasteiger partial charge in [-0.05, 0) is 48.8 Å². The van der Waals surface area contributed by atoms with Gasteiger partial charge in [-0.25, -0.2) is 0 Å². The summed E-state index contributed by atoms with van der Waals surface area (Å²) in [6.45, 7) is 4.29. The average molecular weight is 253 g/mol. The summed E-state index contributed by atoms with van der Waals surface area (Å²) in [5, 5.41) is 11.2. The predicted molar refractivity (Wildman–Crippen MR) is 72.3 cm³/mol. The first-order valence-corrected chi connectivity index (χ1v) is 6.90. The number of aliphatic hydroxyl groups excluding tert-OH is 1. The van der Waals surface area contributed by atoms with Gasteiger partial charge in [0.1, 0.15) is 0 Å². The summed E-state index contributed by atoms with van der Waals surface area (Å²) in [7, 11) is 0. The first-order chi connectivity index (χ1) is 8.08. The van der Waals surface area contributed by atoms with Gasteiger partial charge in [0, 0.05) is 5.02 Å². The minimum Gasteiger partial charge on any atom is -0.388 e. The lowest BCUT2D eigenvalue weighted by molar-refractivity contribution is 0.0755. The molecule has 0 aliphatic heterocycles. The molecule has 1 aliphatic rings. The van der Waals surface area contributed by atoms with Crippen molar-refractivity contribution in [2.24, 2.45) is 11.8 Å². The van der Waals surface area contributed by atoms with E-state index in [2.05, 4.69) is 6.92 Å². The maximum Gasteiger partial charge on any atom is 0.0818 e. The number of aliphatic hydroxyl groups is 1. The second kappa shape index (κ2) is 5.41. The zero-order valence-electron chi connectivity index (χ0n) is 10.6. The molecule has 2 rings (SSSR count). The van der Waals surface area contributed by atoms with E-state index in [9.17, 15) is 5.11 Å². The van der Waals surface area contributed by atoms with Crippen LogP contribution in [0, 0.1) is 18.8 Å². The Bertz CT molecular complexity index is 381. The fourth-order valence-electron chi connectivity index (χ4n) is 2.73. The van der Waals surface area contributed by atoms with E-state index in [0.717, 1.165) is 34.9 Å². The van der Waals surface area contributed by atoms with Crippen molar-refractivity contribution in [3.05, 3.63) is 34.3 Å². The van der Waals surface area contributed by atoms with E-state index < -0.39 is 0 Å². The van der Waals surface area contributed by atoms with Gasteiger partial charge in [-0.3, -0.25) is 0 Å². The molecule has 1 N–H and O–H groups in total. The van der Waals surface area contributed by atoms with Crippen molar-refractivity contribution in [2.75, 3.05) is 0 Å². The van der Waals surface area contributed by atoms with Crippen LogP contribution in [-0.4, -0.2) is 5.11 Å². The number of aryl methyl sites for hydroxylation is 1. The Labute approximate surface area is 109 Å².